The second kappa shape index (κ2) is 9.38. The van der Waals surface area contributed by atoms with Crippen LogP contribution in [0.15, 0.2) is 36.9 Å². The molecular formula is C21H24FN5O. The third-order valence-electron chi connectivity index (χ3n) is 5.16. The van der Waals surface area contributed by atoms with E-state index < -0.39 is 5.82 Å². The average molecular weight is 381 g/mol. The minimum atomic E-state index is -0.482. The Morgan fingerprint density at radius 1 is 1.29 bits per heavy atom. The maximum absolute atomic E-state index is 13.5. The quantitative estimate of drug-likeness (QED) is 0.796. The summed E-state index contributed by atoms with van der Waals surface area (Å²) in [6, 6.07) is 6.77. The summed E-state index contributed by atoms with van der Waals surface area (Å²) in [5.74, 6) is -0.427. The fraction of sp³-hybridized carbons (Fsp3) is 0.429. The standard InChI is InChI=1S/C21H24FN5O/c1-16(28)27(14-18-11-24-15-25-12-18)20-3-2-7-26(8-6-20)13-17-4-5-21(22)19(9-17)10-23/h4-5,9,11-12,15,20H,2-3,6-8,13-14H2,1H3/t20-/m0/s1. The molecule has 0 saturated carbocycles. The van der Waals surface area contributed by atoms with Gasteiger partial charge in [-0.05, 0) is 43.5 Å². The maximum atomic E-state index is 13.5. The van der Waals surface area contributed by atoms with Crippen molar-refractivity contribution in [2.45, 2.75) is 45.3 Å². The molecule has 7 heteroatoms. The molecule has 3 rings (SSSR count). The Balaban J connectivity index is 1.63. The van der Waals surface area contributed by atoms with Crippen LogP contribution in [0.1, 0.15) is 42.9 Å². The Hall–Kier alpha value is -2.85. The second-order valence-electron chi connectivity index (χ2n) is 7.18. The van der Waals surface area contributed by atoms with Crippen LogP contribution in [0.4, 0.5) is 4.39 Å². The van der Waals surface area contributed by atoms with Gasteiger partial charge in [0.05, 0.1) is 5.56 Å². The van der Waals surface area contributed by atoms with E-state index in [1.807, 2.05) is 11.0 Å². The van der Waals surface area contributed by atoms with Crippen molar-refractivity contribution in [3.05, 3.63) is 59.4 Å². The van der Waals surface area contributed by atoms with Crippen LogP contribution >= 0.6 is 0 Å². The van der Waals surface area contributed by atoms with Crippen molar-refractivity contribution in [2.75, 3.05) is 13.1 Å². The van der Waals surface area contributed by atoms with Crippen LogP contribution in [0.2, 0.25) is 0 Å². The van der Waals surface area contributed by atoms with Crippen LogP contribution in [-0.4, -0.2) is 44.8 Å². The number of nitrogens with zero attached hydrogens (tertiary/aromatic N) is 5. The summed E-state index contributed by atoms with van der Waals surface area (Å²) < 4.78 is 13.5. The molecule has 1 aromatic heterocycles. The van der Waals surface area contributed by atoms with Crippen LogP contribution in [0, 0.1) is 17.1 Å². The second-order valence-corrected chi connectivity index (χ2v) is 7.18. The number of likely N-dealkylation sites (tertiary alicyclic amines) is 1. The fourth-order valence-corrected chi connectivity index (χ4v) is 3.73. The molecule has 2 heterocycles. The molecule has 0 unspecified atom stereocenters. The molecule has 0 radical (unpaired) electrons. The lowest BCUT2D eigenvalue weighted by Crippen LogP contribution is -2.39. The zero-order valence-corrected chi connectivity index (χ0v) is 16.0. The van der Waals surface area contributed by atoms with Gasteiger partial charge in [0.15, 0.2) is 0 Å². The molecule has 1 aliphatic heterocycles. The summed E-state index contributed by atoms with van der Waals surface area (Å²) in [4.78, 5) is 24.5. The van der Waals surface area contributed by atoms with E-state index in [1.165, 1.54) is 12.4 Å². The largest absolute Gasteiger partial charge is 0.335 e. The minimum absolute atomic E-state index is 0.0551. The molecule has 2 aromatic rings. The van der Waals surface area contributed by atoms with Gasteiger partial charge in [0.1, 0.15) is 18.2 Å². The summed E-state index contributed by atoms with van der Waals surface area (Å²) in [6.45, 7) is 4.56. The first-order valence-electron chi connectivity index (χ1n) is 9.49. The summed E-state index contributed by atoms with van der Waals surface area (Å²) >= 11 is 0. The van der Waals surface area contributed by atoms with Gasteiger partial charge in [-0.2, -0.15) is 5.26 Å². The molecule has 0 aliphatic carbocycles. The van der Waals surface area contributed by atoms with Crippen molar-refractivity contribution in [1.29, 1.82) is 5.26 Å². The van der Waals surface area contributed by atoms with Crippen LogP contribution in [-0.2, 0) is 17.9 Å². The van der Waals surface area contributed by atoms with Gasteiger partial charge in [-0.15, -0.1) is 0 Å². The van der Waals surface area contributed by atoms with Gasteiger partial charge in [-0.1, -0.05) is 6.07 Å². The van der Waals surface area contributed by atoms with Crippen molar-refractivity contribution in [1.82, 2.24) is 19.8 Å². The first kappa shape index (κ1) is 19.9. The number of carbonyl (C=O) groups is 1. The highest BCUT2D eigenvalue weighted by molar-refractivity contribution is 5.73. The van der Waals surface area contributed by atoms with E-state index >= 15 is 0 Å². The van der Waals surface area contributed by atoms with Gasteiger partial charge in [-0.3, -0.25) is 9.69 Å². The monoisotopic (exact) mass is 381 g/mol. The Morgan fingerprint density at radius 2 is 2.07 bits per heavy atom. The van der Waals surface area contributed by atoms with Crippen LogP contribution in [0.3, 0.4) is 0 Å². The maximum Gasteiger partial charge on any atom is 0.219 e. The van der Waals surface area contributed by atoms with E-state index in [1.54, 1.807) is 31.5 Å². The molecule has 0 N–H and O–H groups in total. The SMILES string of the molecule is CC(=O)N(Cc1cncnc1)[C@H]1CCCN(Cc2ccc(F)c(C#N)c2)CC1. The number of rotatable bonds is 5. The molecule has 1 fully saturated rings. The number of hydrogen-bond donors (Lipinski definition) is 0. The van der Waals surface area contributed by atoms with Gasteiger partial charge >= 0.3 is 0 Å². The molecule has 1 saturated heterocycles. The molecule has 0 spiro atoms. The first-order valence-corrected chi connectivity index (χ1v) is 9.49. The summed E-state index contributed by atoms with van der Waals surface area (Å²) in [6.07, 6.45) is 7.76. The average Bonchev–Trinajstić information content (AvgIpc) is 2.93. The van der Waals surface area contributed by atoms with Crippen molar-refractivity contribution >= 4 is 5.91 Å². The number of hydrogen-bond acceptors (Lipinski definition) is 5. The van der Waals surface area contributed by atoms with E-state index in [0.29, 0.717) is 13.1 Å². The van der Waals surface area contributed by atoms with Crippen LogP contribution in [0.25, 0.3) is 0 Å². The number of benzene rings is 1. The lowest BCUT2D eigenvalue weighted by molar-refractivity contribution is -0.132. The van der Waals surface area contributed by atoms with Crippen molar-refractivity contribution < 1.29 is 9.18 Å². The summed E-state index contributed by atoms with van der Waals surface area (Å²) in [5.41, 5.74) is 1.94. The lowest BCUT2D eigenvalue weighted by atomic mass is 10.1. The third kappa shape index (κ3) is 5.11. The number of aromatic nitrogens is 2. The molecule has 6 nitrogen and oxygen atoms in total. The van der Waals surface area contributed by atoms with E-state index in [0.717, 1.165) is 43.5 Å². The Bertz CT molecular complexity index is 852. The molecule has 0 bridgehead atoms. The highest BCUT2D eigenvalue weighted by Crippen LogP contribution is 2.21. The first-order chi connectivity index (χ1) is 13.6. The zero-order valence-electron chi connectivity index (χ0n) is 16.0. The highest BCUT2D eigenvalue weighted by atomic mass is 19.1. The predicted octanol–water partition coefficient (Wildman–Crippen LogP) is 2.89. The highest BCUT2D eigenvalue weighted by Gasteiger charge is 2.25. The number of carbonyl (C=O) groups excluding carboxylic acids is 1. The molecule has 1 aliphatic rings. The van der Waals surface area contributed by atoms with Crippen molar-refractivity contribution in [3.8, 4) is 6.07 Å². The Morgan fingerprint density at radius 3 is 2.79 bits per heavy atom. The van der Waals surface area contributed by atoms with Gasteiger partial charge < -0.3 is 4.90 Å². The molecule has 1 aromatic carbocycles. The van der Waals surface area contributed by atoms with Gasteiger partial charge in [-0.25, -0.2) is 14.4 Å². The Labute approximate surface area is 164 Å². The summed E-state index contributed by atoms with van der Waals surface area (Å²) in [7, 11) is 0. The van der Waals surface area contributed by atoms with Crippen molar-refractivity contribution in [3.63, 3.8) is 0 Å². The Kier molecular flexibility index (Phi) is 6.66. The van der Waals surface area contributed by atoms with Gasteiger partial charge in [0.25, 0.3) is 0 Å². The van der Waals surface area contributed by atoms with Gasteiger partial charge in [0, 0.05) is 50.6 Å². The van der Waals surface area contributed by atoms with E-state index in [2.05, 4.69) is 14.9 Å². The van der Waals surface area contributed by atoms with Crippen LogP contribution in [0.5, 0.6) is 0 Å². The molecule has 28 heavy (non-hydrogen) atoms. The van der Waals surface area contributed by atoms with E-state index in [4.69, 9.17) is 5.26 Å². The normalized spacial score (nSPS) is 17.5. The number of halogens is 1. The topological polar surface area (TPSA) is 73.1 Å². The van der Waals surface area contributed by atoms with E-state index in [9.17, 15) is 9.18 Å². The van der Waals surface area contributed by atoms with Crippen molar-refractivity contribution in [2.24, 2.45) is 0 Å². The van der Waals surface area contributed by atoms with Gasteiger partial charge in [0.2, 0.25) is 5.91 Å². The fourth-order valence-electron chi connectivity index (χ4n) is 3.73. The number of amides is 1. The molecule has 1 amide bonds. The molecule has 1 atom stereocenters. The molecular weight excluding hydrogens is 357 g/mol. The predicted molar refractivity (Wildman–Crippen MR) is 102 cm³/mol. The van der Waals surface area contributed by atoms with E-state index in [-0.39, 0.29) is 17.5 Å². The third-order valence-corrected chi connectivity index (χ3v) is 5.16. The zero-order chi connectivity index (χ0) is 19.9. The molecule has 146 valence electrons. The van der Waals surface area contributed by atoms with Crippen LogP contribution < -0.4 is 0 Å². The summed E-state index contributed by atoms with van der Waals surface area (Å²) in [5, 5.41) is 9.01. The number of nitriles is 1. The lowest BCUT2D eigenvalue weighted by Gasteiger charge is -2.30. The smallest absolute Gasteiger partial charge is 0.219 e. The minimum Gasteiger partial charge on any atom is -0.335 e.